The van der Waals surface area contributed by atoms with Crippen molar-refractivity contribution in [3.63, 3.8) is 0 Å². The minimum absolute atomic E-state index is 0. The largest absolute Gasteiger partial charge is 0.326 e. The Bertz CT molecular complexity index is 582. The Morgan fingerprint density at radius 1 is 0.800 bits per heavy atom. The van der Waals surface area contributed by atoms with Crippen LogP contribution in [0.25, 0.3) is 0 Å². The molecule has 0 saturated heterocycles. The average Bonchev–Trinajstić information content (AvgIpc) is 2.51. The smallest absolute Gasteiger partial charge is 0.209 e. The summed E-state index contributed by atoms with van der Waals surface area (Å²) < 4.78 is 24.3. The summed E-state index contributed by atoms with van der Waals surface area (Å²) in [6.45, 7) is 13.3. The van der Waals surface area contributed by atoms with E-state index in [2.05, 4.69) is 46.3 Å². The van der Waals surface area contributed by atoms with Crippen molar-refractivity contribution in [2.75, 3.05) is 6.26 Å². The van der Waals surface area contributed by atoms with Crippen LogP contribution in [0.4, 0.5) is 0 Å². The second kappa shape index (κ2) is 10.2. The Morgan fingerprint density at radius 2 is 1.12 bits per heavy atom. The van der Waals surface area contributed by atoms with Crippen LogP contribution < -0.4 is 10.5 Å². The van der Waals surface area contributed by atoms with E-state index >= 15 is 0 Å². The van der Waals surface area contributed by atoms with Gasteiger partial charge in [0, 0.05) is 31.6 Å². The van der Waals surface area contributed by atoms with Crippen LogP contribution >= 0.6 is 0 Å². The van der Waals surface area contributed by atoms with E-state index in [1.54, 1.807) is 0 Å². The van der Waals surface area contributed by atoms with E-state index in [0.717, 1.165) is 25.7 Å². The van der Waals surface area contributed by atoms with Gasteiger partial charge in [-0.2, -0.15) is 0 Å². The number of nitrogens with one attached hydrogen (secondary N) is 1. The zero-order valence-electron chi connectivity index (χ0n) is 16.6. The van der Waals surface area contributed by atoms with Crippen molar-refractivity contribution in [1.29, 1.82) is 0 Å². The minimum atomic E-state index is -3.09. The first kappa shape index (κ1) is 24.7. The fourth-order valence-corrected chi connectivity index (χ4v) is 4.11. The van der Waals surface area contributed by atoms with Gasteiger partial charge in [-0.1, -0.05) is 12.8 Å². The summed E-state index contributed by atoms with van der Waals surface area (Å²) in [5.41, 5.74) is 14.5. The molecule has 2 atom stereocenters. The van der Waals surface area contributed by atoms with Crippen LogP contribution in [0.5, 0.6) is 0 Å². The third-order valence-corrected chi connectivity index (χ3v) is 6.29. The summed E-state index contributed by atoms with van der Waals surface area (Å²) >= 11 is 0. The normalized spacial score (nSPS) is 20.3. The third kappa shape index (κ3) is 7.09. The van der Waals surface area contributed by atoms with E-state index in [0.29, 0.717) is 0 Å². The average molecular weight is 456 g/mol. The molecule has 1 aliphatic carbocycles. The maximum absolute atomic E-state index is 10.9. The van der Waals surface area contributed by atoms with Gasteiger partial charge in [-0.3, -0.25) is 0 Å². The monoisotopic (exact) mass is 456 g/mol. The number of benzene rings is 1. The second-order valence-corrected chi connectivity index (χ2v) is 8.97. The van der Waals surface area contributed by atoms with Crippen LogP contribution in [0.1, 0.15) is 59.1 Å². The molecule has 1 saturated carbocycles. The fraction of sp³-hybridized carbons (Fsp3) is 0.684. The van der Waals surface area contributed by atoms with Gasteiger partial charge in [0.25, 0.3) is 0 Å². The van der Waals surface area contributed by atoms with Crippen LogP contribution in [0, 0.1) is 41.5 Å². The first-order chi connectivity index (χ1) is 11.0. The van der Waals surface area contributed by atoms with E-state index in [-0.39, 0.29) is 31.6 Å². The molecule has 0 aliphatic heterocycles. The molecule has 146 valence electrons. The molecule has 1 aliphatic rings. The molecule has 0 bridgehead atoms. The number of sulfonamides is 1. The molecule has 0 heterocycles. The molecular formula is C19H34N2O2RuS. The first-order valence-corrected chi connectivity index (χ1v) is 10.6. The summed E-state index contributed by atoms with van der Waals surface area (Å²) in [6.07, 6.45) is 5.15. The fourth-order valence-electron chi connectivity index (χ4n) is 3.27. The van der Waals surface area contributed by atoms with Crippen molar-refractivity contribution in [2.24, 2.45) is 5.73 Å². The maximum Gasteiger partial charge on any atom is 0.209 e. The molecule has 0 amide bonds. The summed E-state index contributed by atoms with van der Waals surface area (Å²) in [4.78, 5) is 0. The molecule has 0 aromatic heterocycles. The van der Waals surface area contributed by atoms with E-state index in [1.807, 2.05) is 0 Å². The van der Waals surface area contributed by atoms with Gasteiger partial charge < -0.3 is 5.73 Å². The molecule has 1 aromatic carbocycles. The van der Waals surface area contributed by atoms with Gasteiger partial charge >= 0.3 is 0 Å². The Kier molecular flexibility index (Phi) is 10.0. The molecule has 0 radical (unpaired) electrons. The number of hydrogen-bond acceptors (Lipinski definition) is 3. The van der Waals surface area contributed by atoms with Crippen LogP contribution in [-0.2, 0) is 29.5 Å². The molecule has 4 nitrogen and oxygen atoms in total. The molecule has 3 N–H and O–H groups in total. The standard InChI is InChI=1S/C12H18.C7H16N2O2S.Ru/c1-7-8(2)10(4)12(6)11(5)9(7)3;1-12(10,11)9-7-5-3-2-4-6(7)8;/h1-6H3;6-7,9H,2-5,8H2,1H3;/t;6-,7-;/m.1./s1. The van der Waals surface area contributed by atoms with Crippen molar-refractivity contribution in [3.8, 4) is 0 Å². The minimum Gasteiger partial charge on any atom is -0.326 e. The number of nitrogens with two attached hydrogens (primary N) is 1. The van der Waals surface area contributed by atoms with Gasteiger partial charge in [0.15, 0.2) is 0 Å². The molecule has 25 heavy (non-hydrogen) atoms. The molecule has 0 spiro atoms. The quantitative estimate of drug-likeness (QED) is 0.672. The van der Waals surface area contributed by atoms with Crippen molar-refractivity contribution in [3.05, 3.63) is 33.4 Å². The first-order valence-electron chi connectivity index (χ1n) is 8.72. The Hall–Kier alpha value is -0.287. The molecule has 1 fully saturated rings. The van der Waals surface area contributed by atoms with E-state index < -0.39 is 10.0 Å². The van der Waals surface area contributed by atoms with Crippen molar-refractivity contribution in [2.45, 2.75) is 79.3 Å². The van der Waals surface area contributed by atoms with Gasteiger partial charge in [-0.25, -0.2) is 13.1 Å². The van der Waals surface area contributed by atoms with Crippen LogP contribution in [0.3, 0.4) is 0 Å². The predicted octanol–water partition coefficient (Wildman–Crippen LogP) is 3.34. The summed E-state index contributed by atoms with van der Waals surface area (Å²) in [7, 11) is -3.09. The second-order valence-electron chi connectivity index (χ2n) is 7.19. The SMILES string of the molecule is CS(=O)(=O)N[C@@H]1CCCC[C@H]1N.Cc1c(C)c(C)c(C)c(C)c1C.[Ru]. The number of hydrogen-bond donors (Lipinski definition) is 2. The summed E-state index contributed by atoms with van der Waals surface area (Å²) in [5, 5.41) is 0. The van der Waals surface area contributed by atoms with Crippen molar-refractivity contribution in [1.82, 2.24) is 4.72 Å². The number of rotatable bonds is 2. The Balaban J connectivity index is 0.000000443. The maximum atomic E-state index is 10.9. The zero-order valence-corrected chi connectivity index (χ0v) is 19.2. The summed E-state index contributed by atoms with van der Waals surface area (Å²) in [6, 6.07) is -0.0535. The van der Waals surface area contributed by atoms with Crippen LogP contribution in [0.15, 0.2) is 0 Å². The van der Waals surface area contributed by atoms with Crippen molar-refractivity contribution < 1.29 is 27.9 Å². The van der Waals surface area contributed by atoms with Crippen molar-refractivity contribution >= 4 is 10.0 Å². The Labute approximate surface area is 167 Å². The van der Waals surface area contributed by atoms with E-state index in [1.165, 1.54) is 39.6 Å². The van der Waals surface area contributed by atoms with E-state index in [9.17, 15) is 8.42 Å². The molecule has 0 unspecified atom stereocenters. The zero-order chi connectivity index (χ0) is 18.7. The third-order valence-electron chi connectivity index (χ3n) is 5.56. The van der Waals surface area contributed by atoms with Gasteiger partial charge in [0.05, 0.1) is 6.26 Å². The topological polar surface area (TPSA) is 72.2 Å². The van der Waals surface area contributed by atoms with Gasteiger partial charge in [-0.05, 0) is 87.8 Å². The van der Waals surface area contributed by atoms with Gasteiger partial charge in [0.2, 0.25) is 10.0 Å². The Morgan fingerprint density at radius 3 is 1.40 bits per heavy atom. The molecular weight excluding hydrogens is 421 g/mol. The predicted molar refractivity (Wildman–Crippen MR) is 103 cm³/mol. The van der Waals surface area contributed by atoms with E-state index in [4.69, 9.17) is 5.73 Å². The summed E-state index contributed by atoms with van der Waals surface area (Å²) in [5.74, 6) is 0. The van der Waals surface area contributed by atoms with Gasteiger partial charge in [0.1, 0.15) is 0 Å². The molecule has 1 aromatic rings. The molecule has 2 rings (SSSR count). The van der Waals surface area contributed by atoms with Gasteiger partial charge in [-0.15, -0.1) is 0 Å². The van der Waals surface area contributed by atoms with Crippen LogP contribution in [-0.4, -0.2) is 26.8 Å². The molecule has 6 heteroatoms. The van der Waals surface area contributed by atoms with Crippen LogP contribution in [0.2, 0.25) is 0 Å².